The minimum absolute atomic E-state index is 0.0851. The first-order valence-electron chi connectivity index (χ1n) is 6.54. The molecule has 0 radical (unpaired) electrons. The van der Waals surface area contributed by atoms with Gasteiger partial charge in [0.2, 0.25) is 10.0 Å². The molecule has 7 heteroatoms. The Morgan fingerprint density at radius 2 is 2.15 bits per heavy atom. The SMILES string of the molecule is CN(C)CC1CCCN1S(=O)(=O)c1cc(F)ccc1N. The van der Waals surface area contributed by atoms with Crippen LogP contribution >= 0.6 is 0 Å². The van der Waals surface area contributed by atoms with E-state index in [9.17, 15) is 12.8 Å². The van der Waals surface area contributed by atoms with Crippen molar-refractivity contribution in [2.75, 3.05) is 32.9 Å². The van der Waals surface area contributed by atoms with E-state index in [1.54, 1.807) is 0 Å². The largest absolute Gasteiger partial charge is 0.398 e. The van der Waals surface area contributed by atoms with Crippen molar-refractivity contribution < 1.29 is 12.8 Å². The molecular formula is C13H20FN3O2S. The predicted octanol–water partition coefficient (Wildman–Crippen LogP) is 1.12. The van der Waals surface area contributed by atoms with Crippen LogP contribution in [0.25, 0.3) is 0 Å². The lowest BCUT2D eigenvalue weighted by atomic mass is 10.2. The molecule has 1 aliphatic heterocycles. The van der Waals surface area contributed by atoms with Gasteiger partial charge in [0.05, 0.1) is 5.69 Å². The molecule has 1 aliphatic rings. The van der Waals surface area contributed by atoms with Crippen LogP contribution < -0.4 is 5.73 Å². The van der Waals surface area contributed by atoms with E-state index in [1.807, 2.05) is 19.0 Å². The van der Waals surface area contributed by atoms with Crippen LogP contribution in [-0.2, 0) is 10.0 Å². The van der Waals surface area contributed by atoms with Crippen LogP contribution in [-0.4, -0.2) is 50.8 Å². The van der Waals surface area contributed by atoms with Crippen molar-refractivity contribution in [2.45, 2.75) is 23.8 Å². The fourth-order valence-electron chi connectivity index (χ4n) is 2.59. The Bertz CT molecular complexity index is 589. The van der Waals surface area contributed by atoms with Gasteiger partial charge in [0.1, 0.15) is 10.7 Å². The molecule has 0 aliphatic carbocycles. The molecule has 1 unspecified atom stereocenters. The summed E-state index contributed by atoms with van der Waals surface area (Å²) >= 11 is 0. The fourth-order valence-corrected chi connectivity index (χ4v) is 4.40. The van der Waals surface area contributed by atoms with E-state index in [0.717, 1.165) is 25.0 Å². The summed E-state index contributed by atoms with van der Waals surface area (Å²) in [6, 6.07) is 3.36. The van der Waals surface area contributed by atoms with Gasteiger partial charge < -0.3 is 10.6 Å². The molecule has 1 fully saturated rings. The van der Waals surface area contributed by atoms with Gasteiger partial charge in [-0.15, -0.1) is 0 Å². The van der Waals surface area contributed by atoms with Crippen LogP contribution in [0.1, 0.15) is 12.8 Å². The van der Waals surface area contributed by atoms with Crippen molar-refractivity contribution >= 4 is 15.7 Å². The third-order valence-corrected chi connectivity index (χ3v) is 5.47. The molecular weight excluding hydrogens is 281 g/mol. The lowest BCUT2D eigenvalue weighted by molar-refractivity contribution is 0.291. The summed E-state index contributed by atoms with van der Waals surface area (Å²) in [4.78, 5) is 1.82. The normalized spacial score (nSPS) is 20.7. The average Bonchev–Trinajstić information content (AvgIpc) is 2.80. The van der Waals surface area contributed by atoms with Crippen LogP contribution in [0.15, 0.2) is 23.1 Å². The molecule has 0 spiro atoms. The van der Waals surface area contributed by atoms with E-state index in [4.69, 9.17) is 5.73 Å². The molecule has 2 N–H and O–H groups in total. The van der Waals surface area contributed by atoms with Gasteiger partial charge >= 0.3 is 0 Å². The Morgan fingerprint density at radius 1 is 1.45 bits per heavy atom. The topological polar surface area (TPSA) is 66.6 Å². The standard InChI is InChI=1S/C13H20FN3O2S/c1-16(2)9-11-4-3-7-17(11)20(18,19)13-8-10(14)5-6-12(13)15/h5-6,8,11H,3-4,7,9,15H2,1-2H3. The van der Waals surface area contributed by atoms with Crippen molar-refractivity contribution in [1.82, 2.24) is 9.21 Å². The number of sulfonamides is 1. The van der Waals surface area contributed by atoms with Crippen molar-refractivity contribution in [1.29, 1.82) is 0 Å². The molecule has 1 saturated heterocycles. The lowest BCUT2D eigenvalue weighted by Gasteiger charge is -2.26. The van der Waals surface area contributed by atoms with Gasteiger partial charge in [-0.25, -0.2) is 12.8 Å². The number of rotatable bonds is 4. The molecule has 112 valence electrons. The second kappa shape index (κ2) is 5.67. The van der Waals surface area contributed by atoms with E-state index >= 15 is 0 Å². The molecule has 1 aromatic rings. The summed E-state index contributed by atoms with van der Waals surface area (Å²) < 4.78 is 40.1. The summed E-state index contributed by atoms with van der Waals surface area (Å²) in [6.45, 7) is 1.10. The maximum atomic E-state index is 13.3. The third kappa shape index (κ3) is 2.94. The predicted molar refractivity (Wildman–Crippen MR) is 76.3 cm³/mol. The molecule has 0 amide bonds. The van der Waals surface area contributed by atoms with E-state index in [2.05, 4.69) is 0 Å². The molecule has 20 heavy (non-hydrogen) atoms. The highest BCUT2D eigenvalue weighted by Crippen LogP contribution is 2.29. The number of likely N-dealkylation sites (N-methyl/N-ethyl adjacent to an activating group) is 1. The highest BCUT2D eigenvalue weighted by molar-refractivity contribution is 7.89. The highest BCUT2D eigenvalue weighted by Gasteiger charge is 2.36. The zero-order valence-corrected chi connectivity index (χ0v) is 12.5. The molecule has 1 aromatic carbocycles. The maximum absolute atomic E-state index is 13.3. The van der Waals surface area contributed by atoms with Crippen LogP contribution in [0.3, 0.4) is 0 Å². The minimum atomic E-state index is -3.74. The first kappa shape index (κ1) is 15.2. The lowest BCUT2D eigenvalue weighted by Crippen LogP contribution is -2.41. The van der Waals surface area contributed by atoms with Crippen LogP contribution in [0, 0.1) is 5.82 Å². The fraction of sp³-hybridized carbons (Fsp3) is 0.538. The van der Waals surface area contributed by atoms with E-state index < -0.39 is 15.8 Å². The molecule has 1 atom stereocenters. The Labute approximate surface area is 119 Å². The Balaban J connectivity index is 2.36. The maximum Gasteiger partial charge on any atom is 0.245 e. The number of anilines is 1. The van der Waals surface area contributed by atoms with Crippen LogP contribution in [0.2, 0.25) is 0 Å². The monoisotopic (exact) mass is 301 g/mol. The molecule has 0 aromatic heterocycles. The number of nitrogen functional groups attached to an aromatic ring is 1. The van der Waals surface area contributed by atoms with Gasteiger partial charge in [0.25, 0.3) is 0 Å². The van der Waals surface area contributed by atoms with Crippen LogP contribution in [0.4, 0.5) is 10.1 Å². The molecule has 0 bridgehead atoms. The smallest absolute Gasteiger partial charge is 0.245 e. The van der Waals surface area contributed by atoms with Gasteiger partial charge in [-0.2, -0.15) is 4.31 Å². The number of nitrogens with two attached hydrogens (primary N) is 1. The number of benzene rings is 1. The summed E-state index contributed by atoms with van der Waals surface area (Å²) in [5, 5.41) is 0. The first-order chi connectivity index (χ1) is 9.32. The summed E-state index contributed by atoms with van der Waals surface area (Å²) in [5.41, 5.74) is 5.79. The van der Waals surface area contributed by atoms with Gasteiger partial charge in [-0.1, -0.05) is 0 Å². The zero-order valence-electron chi connectivity index (χ0n) is 11.7. The van der Waals surface area contributed by atoms with Crippen molar-refractivity contribution in [2.24, 2.45) is 0 Å². The number of halogens is 1. The Hall–Kier alpha value is -1.18. The van der Waals surface area contributed by atoms with E-state index in [0.29, 0.717) is 13.1 Å². The Morgan fingerprint density at radius 3 is 2.80 bits per heavy atom. The highest BCUT2D eigenvalue weighted by atomic mass is 32.2. The molecule has 5 nitrogen and oxygen atoms in total. The van der Waals surface area contributed by atoms with Crippen molar-refractivity contribution in [3.05, 3.63) is 24.0 Å². The number of nitrogens with zero attached hydrogens (tertiary/aromatic N) is 2. The average molecular weight is 301 g/mol. The summed E-state index contributed by atoms with van der Waals surface area (Å²) in [5.74, 6) is -0.596. The number of hydrogen-bond donors (Lipinski definition) is 1. The van der Waals surface area contributed by atoms with Gasteiger partial charge in [-0.3, -0.25) is 0 Å². The Kier molecular flexibility index (Phi) is 4.31. The van der Waals surface area contributed by atoms with E-state index in [-0.39, 0.29) is 16.6 Å². The summed E-state index contributed by atoms with van der Waals surface area (Å²) in [6.07, 6.45) is 1.62. The van der Waals surface area contributed by atoms with E-state index in [1.165, 1.54) is 10.4 Å². The second-order valence-electron chi connectivity index (χ2n) is 5.36. The van der Waals surface area contributed by atoms with Gasteiger partial charge in [-0.05, 0) is 45.1 Å². The summed E-state index contributed by atoms with van der Waals surface area (Å²) in [7, 11) is 0.0599. The van der Waals surface area contributed by atoms with Crippen molar-refractivity contribution in [3.63, 3.8) is 0 Å². The molecule has 1 heterocycles. The molecule has 2 rings (SSSR count). The first-order valence-corrected chi connectivity index (χ1v) is 7.98. The minimum Gasteiger partial charge on any atom is -0.398 e. The van der Waals surface area contributed by atoms with Gasteiger partial charge in [0, 0.05) is 19.1 Å². The third-order valence-electron chi connectivity index (χ3n) is 3.46. The quantitative estimate of drug-likeness (QED) is 0.846. The second-order valence-corrected chi connectivity index (χ2v) is 7.22. The van der Waals surface area contributed by atoms with Gasteiger partial charge in [0.15, 0.2) is 0 Å². The zero-order chi connectivity index (χ0) is 14.9. The number of hydrogen-bond acceptors (Lipinski definition) is 4. The molecule has 0 saturated carbocycles. The van der Waals surface area contributed by atoms with Crippen LogP contribution in [0.5, 0.6) is 0 Å². The van der Waals surface area contributed by atoms with Crippen molar-refractivity contribution in [3.8, 4) is 0 Å².